The molecule has 16 heavy (non-hydrogen) atoms. The SMILES string of the molecule is Cl.NCc1ccc(Oc2cccnc2)cc1. The molecular weight excluding hydrogens is 224 g/mol. The summed E-state index contributed by atoms with van der Waals surface area (Å²) < 4.78 is 5.57. The highest BCUT2D eigenvalue weighted by atomic mass is 35.5. The van der Waals surface area contributed by atoms with E-state index in [0.717, 1.165) is 17.1 Å². The third-order valence-electron chi connectivity index (χ3n) is 2.03. The molecule has 0 aliphatic heterocycles. The fraction of sp³-hybridized carbons (Fsp3) is 0.0833. The van der Waals surface area contributed by atoms with E-state index in [9.17, 15) is 0 Å². The smallest absolute Gasteiger partial charge is 0.145 e. The number of hydrogen-bond donors (Lipinski definition) is 1. The van der Waals surface area contributed by atoms with E-state index in [4.69, 9.17) is 10.5 Å². The third kappa shape index (κ3) is 3.22. The first kappa shape index (κ1) is 12.5. The average molecular weight is 237 g/mol. The predicted octanol–water partition coefficient (Wildman–Crippen LogP) is 2.75. The molecule has 2 rings (SSSR count). The van der Waals surface area contributed by atoms with E-state index in [1.54, 1.807) is 12.4 Å². The van der Waals surface area contributed by atoms with E-state index in [2.05, 4.69) is 4.98 Å². The maximum Gasteiger partial charge on any atom is 0.145 e. The molecule has 0 amide bonds. The van der Waals surface area contributed by atoms with Crippen LogP contribution in [0.2, 0.25) is 0 Å². The standard InChI is InChI=1S/C12H12N2O.ClH/c13-8-10-3-5-11(6-4-10)15-12-2-1-7-14-9-12;/h1-7,9H,8,13H2;1H. The Morgan fingerprint density at radius 2 is 1.81 bits per heavy atom. The summed E-state index contributed by atoms with van der Waals surface area (Å²) >= 11 is 0. The maximum atomic E-state index is 5.57. The minimum atomic E-state index is 0. The summed E-state index contributed by atoms with van der Waals surface area (Å²) in [6, 6.07) is 11.4. The molecule has 0 aliphatic carbocycles. The van der Waals surface area contributed by atoms with Gasteiger partial charge in [0.25, 0.3) is 0 Å². The molecule has 4 heteroatoms. The van der Waals surface area contributed by atoms with Crippen LogP contribution in [0, 0.1) is 0 Å². The molecule has 0 atom stereocenters. The highest BCUT2D eigenvalue weighted by Gasteiger charge is 1.96. The minimum absolute atomic E-state index is 0. The molecule has 1 aromatic heterocycles. The number of nitrogens with zero attached hydrogens (tertiary/aromatic N) is 1. The van der Waals surface area contributed by atoms with Crippen molar-refractivity contribution in [2.45, 2.75) is 6.54 Å². The molecule has 0 saturated carbocycles. The summed E-state index contributed by atoms with van der Waals surface area (Å²) in [5, 5.41) is 0. The monoisotopic (exact) mass is 236 g/mol. The Morgan fingerprint density at radius 1 is 1.06 bits per heavy atom. The lowest BCUT2D eigenvalue weighted by Crippen LogP contribution is -1.95. The zero-order valence-corrected chi connectivity index (χ0v) is 9.48. The fourth-order valence-corrected chi connectivity index (χ4v) is 1.24. The summed E-state index contributed by atoms with van der Waals surface area (Å²) in [6.45, 7) is 0.549. The van der Waals surface area contributed by atoms with Crippen LogP contribution in [0.3, 0.4) is 0 Å². The van der Waals surface area contributed by atoms with Crippen molar-refractivity contribution in [2.75, 3.05) is 0 Å². The Bertz CT molecular complexity index is 417. The van der Waals surface area contributed by atoms with Gasteiger partial charge in [-0.25, -0.2) is 0 Å². The van der Waals surface area contributed by atoms with Gasteiger partial charge in [0, 0.05) is 12.7 Å². The van der Waals surface area contributed by atoms with E-state index in [-0.39, 0.29) is 12.4 Å². The van der Waals surface area contributed by atoms with Crippen LogP contribution in [0.4, 0.5) is 0 Å². The number of benzene rings is 1. The Balaban J connectivity index is 0.00000128. The molecule has 2 aromatic rings. The molecule has 0 bridgehead atoms. The van der Waals surface area contributed by atoms with E-state index in [1.807, 2.05) is 36.4 Å². The number of ether oxygens (including phenoxy) is 1. The quantitative estimate of drug-likeness (QED) is 0.892. The average Bonchev–Trinajstić information content (AvgIpc) is 2.31. The van der Waals surface area contributed by atoms with Gasteiger partial charge in [-0.3, -0.25) is 4.98 Å². The van der Waals surface area contributed by atoms with Gasteiger partial charge < -0.3 is 10.5 Å². The second kappa shape index (κ2) is 6.10. The van der Waals surface area contributed by atoms with Gasteiger partial charge in [-0.2, -0.15) is 0 Å². The normalized spacial score (nSPS) is 9.31. The van der Waals surface area contributed by atoms with Crippen molar-refractivity contribution < 1.29 is 4.74 Å². The molecule has 84 valence electrons. The van der Waals surface area contributed by atoms with Crippen molar-refractivity contribution in [3.05, 3.63) is 54.4 Å². The Hall–Kier alpha value is -1.58. The van der Waals surface area contributed by atoms with E-state index < -0.39 is 0 Å². The van der Waals surface area contributed by atoms with Gasteiger partial charge in [0.1, 0.15) is 11.5 Å². The highest BCUT2D eigenvalue weighted by molar-refractivity contribution is 5.85. The van der Waals surface area contributed by atoms with Crippen LogP contribution >= 0.6 is 12.4 Å². The first-order valence-electron chi connectivity index (χ1n) is 4.75. The number of nitrogens with two attached hydrogens (primary N) is 1. The Morgan fingerprint density at radius 3 is 2.38 bits per heavy atom. The van der Waals surface area contributed by atoms with Crippen LogP contribution in [-0.2, 0) is 6.54 Å². The second-order valence-corrected chi connectivity index (χ2v) is 3.14. The lowest BCUT2D eigenvalue weighted by atomic mass is 10.2. The van der Waals surface area contributed by atoms with Crippen LogP contribution in [0.25, 0.3) is 0 Å². The summed E-state index contributed by atoms with van der Waals surface area (Å²) in [5.74, 6) is 1.53. The first-order chi connectivity index (χ1) is 7.38. The van der Waals surface area contributed by atoms with Gasteiger partial charge >= 0.3 is 0 Å². The number of rotatable bonds is 3. The van der Waals surface area contributed by atoms with Gasteiger partial charge in [-0.15, -0.1) is 12.4 Å². The number of hydrogen-bond acceptors (Lipinski definition) is 3. The van der Waals surface area contributed by atoms with Gasteiger partial charge in [-0.05, 0) is 29.8 Å². The molecule has 0 saturated heterocycles. The van der Waals surface area contributed by atoms with E-state index in [1.165, 1.54) is 0 Å². The number of aromatic nitrogens is 1. The van der Waals surface area contributed by atoms with Crippen molar-refractivity contribution in [3.63, 3.8) is 0 Å². The molecular formula is C12H13ClN2O. The lowest BCUT2D eigenvalue weighted by molar-refractivity contribution is 0.480. The van der Waals surface area contributed by atoms with Crippen molar-refractivity contribution in [3.8, 4) is 11.5 Å². The lowest BCUT2D eigenvalue weighted by Gasteiger charge is -2.05. The van der Waals surface area contributed by atoms with Crippen LogP contribution in [0.5, 0.6) is 11.5 Å². The number of halogens is 1. The van der Waals surface area contributed by atoms with Gasteiger partial charge in [0.05, 0.1) is 6.20 Å². The van der Waals surface area contributed by atoms with Crippen molar-refractivity contribution >= 4 is 12.4 Å². The molecule has 0 aliphatic rings. The van der Waals surface area contributed by atoms with Gasteiger partial charge in [0.15, 0.2) is 0 Å². The van der Waals surface area contributed by atoms with Crippen molar-refractivity contribution in [2.24, 2.45) is 5.73 Å². The summed E-state index contributed by atoms with van der Waals surface area (Å²) in [4.78, 5) is 3.97. The molecule has 2 N–H and O–H groups in total. The third-order valence-corrected chi connectivity index (χ3v) is 2.03. The Labute approximate surface area is 101 Å². The summed E-state index contributed by atoms with van der Waals surface area (Å²) in [6.07, 6.45) is 3.39. The molecule has 3 nitrogen and oxygen atoms in total. The fourth-order valence-electron chi connectivity index (χ4n) is 1.24. The van der Waals surface area contributed by atoms with E-state index in [0.29, 0.717) is 6.54 Å². The first-order valence-corrected chi connectivity index (χ1v) is 4.75. The van der Waals surface area contributed by atoms with Gasteiger partial charge in [-0.1, -0.05) is 12.1 Å². The topological polar surface area (TPSA) is 48.1 Å². The van der Waals surface area contributed by atoms with Crippen LogP contribution in [0.15, 0.2) is 48.8 Å². The highest BCUT2D eigenvalue weighted by Crippen LogP contribution is 2.20. The largest absolute Gasteiger partial charge is 0.456 e. The van der Waals surface area contributed by atoms with Crippen LogP contribution in [0.1, 0.15) is 5.56 Å². The van der Waals surface area contributed by atoms with E-state index >= 15 is 0 Å². The minimum Gasteiger partial charge on any atom is -0.456 e. The molecule has 0 spiro atoms. The summed E-state index contributed by atoms with van der Waals surface area (Å²) in [5.41, 5.74) is 6.59. The zero-order valence-electron chi connectivity index (χ0n) is 8.67. The zero-order chi connectivity index (χ0) is 10.5. The van der Waals surface area contributed by atoms with Crippen molar-refractivity contribution in [1.29, 1.82) is 0 Å². The second-order valence-electron chi connectivity index (χ2n) is 3.14. The predicted molar refractivity (Wildman–Crippen MR) is 65.9 cm³/mol. The Kier molecular flexibility index (Phi) is 4.76. The molecule has 0 radical (unpaired) electrons. The maximum absolute atomic E-state index is 5.57. The summed E-state index contributed by atoms with van der Waals surface area (Å²) in [7, 11) is 0. The van der Waals surface area contributed by atoms with Crippen LogP contribution < -0.4 is 10.5 Å². The molecule has 1 aromatic carbocycles. The molecule has 0 fully saturated rings. The van der Waals surface area contributed by atoms with Crippen molar-refractivity contribution in [1.82, 2.24) is 4.98 Å². The number of pyridine rings is 1. The molecule has 0 unspecified atom stereocenters. The van der Waals surface area contributed by atoms with Gasteiger partial charge in [0.2, 0.25) is 0 Å². The molecule has 1 heterocycles. The van der Waals surface area contributed by atoms with Crippen LogP contribution in [-0.4, -0.2) is 4.98 Å².